The van der Waals surface area contributed by atoms with E-state index in [1.807, 2.05) is 0 Å². The standard InChI is InChI=1S/C18H18IN/c19-10-14-8-12-5-3-6-16(12)18(14)15-9-13-4-1-2-7-17(13)20-11-15/h1-2,4,7,9,11-12,14H,3,5-6,8,10H2/t12-,14-/m0/s1. The summed E-state index contributed by atoms with van der Waals surface area (Å²) in [6, 6.07) is 10.8. The number of para-hydroxylation sites is 1. The third kappa shape index (κ3) is 2.00. The number of nitrogens with zero attached hydrogens (tertiary/aromatic N) is 1. The van der Waals surface area contributed by atoms with Crippen LogP contribution in [0.15, 0.2) is 42.1 Å². The van der Waals surface area contributed by atoms with Crippen molar-refractivity contribution in [2.24, 2.45) is 11.8 Å². The van der Waals surface area contributed by atoms with Gasteiger partial charge in [-0.05, 0) is 60.8 Å². The summed E-state index contributed by atoms with van der Waals surface area (Å²) >= 11 is 2.56. The van der Waals surface area contributed by atoms with E-state index in [9.17, 15) is 0 Å². The molecule has 1 saturated carbocycles. The SMILES string of the molecule is IC[C@@H]1C[C@@H]2CCCC2=C1c1cnc2ccccc2c1. The second-order valence-electron chi connectivity index (χ2n) is 6.03. The summed E-state index contributed by atoms with van der Waals surface area (Å²) in [6.45, 7) is 0. The molecule has 1 aromatic heterocycles. The maximum atomic E-state index is 4.67. The number of aromatic nitrogens is 1. The van der Waals surface area contributed by atoms with Gasteiger partial charge in [-0.2, -0.15) is 0 Å². The molecule has 2 aromatic rings. The first kappa shape index (κ1) is 12.8. The van der Waals surface area contributed by atoms with Crippen molar-refractivity contribution in [3.8, 4) is 0 Å². The molecule has 0 unspecified atom stereocenters. The summed E-state index contributed by atoms with van der Waals surface area (Å²) in [5, 5.41) is 1.27. The Hall–Kier alpha value is -0.900. The minimum atomic E-state index is 0.749. The van der Waals surface area contributed by atoms with Crippen LogP contribution in [-0.2, 0) is 0 Å². The van der Waals surface area contributed by atoms with Crippen molar-refractivity contribution in [2.75, 3.05) is 4.43 Å². The lowest BCUT2D eigenvalue weighted by Crippen LogP contribution is -2.02. The summed E-state index contributed by atoms with van der Waals surface area (Å²) < 4.78 is 1.24. The fourth-order valence-electron chi connectivity index (χ4n) is 4.04. The van der Waals surface area contributed by atoms with Crippen LogP contribution in [0, 0.1) is 11.8 Å². The van der Waals surface area contributed by atoms with Crippen molar-refractivity contribution in [1.29, 1.82) is 0 Å². The topological polar surface area (TPSA) is 12.9 Å². The van der Waals surface area contributed by atoms with Gasteiger partial charge in [0.15, 0.2) is 0 Å². The van der Waals surface area contributed by atoms with E-state index in [0.29, 0.717) is 0 Å². The molecule has 1 aromatic carbocycles. The predicted molar refractivity (Wildman–Crippen MR) is 93.0 cm³/mol. The fourth-order valence-corrected chi connectivity index (χ4v) is 4.83. The molecule has 2 aliphatic carbocycles. The molecule has 0 radical (unpaired) electrons. The molecule has 102 valence electrons. The zero-order valence-corrected chi connectivity index (χ0v) is 13.6. The summed E-state index contributed by atoms with van der Waals surface area (Å²) in [6.07, 6.45) is 7.59. The smallest absolute Gasteiger partial charge is 0.0702 e. The summed E-state index contributed by atoms with van der Waals surface area (Å²) in [5.74, 6) is 1.62. The molecule has 0 N–H and O–H groups in total. The van der Waals surface area contributed by atoms with Crippen LogP contribution < -0.4 is 0 Å². The third-order valence-electron chi connectivity index (χ3n) is 4.90. The Morgan fingerprint density at radius 3 is 3.05 bits per heavy atom. The normalized spacial score (nSPS) is 25.4. The average molecular weight is 375 g/mol. The van der Waals surface area contributed by atoms with Crippen LogP contribution >= 0.6 is 22.6 Å². The first-order chi connectivity index (χ1) is 9.86. The number of alkyl halides is 1. The van der Waals surface area contributed by atoms with Crippen LogP contribution in [0.5, 0.6) is 0 Å². The fraction of sp³-hybridized carbons (Fsp3) is 0.389. The number of hydrogen-bond donors (Lipinski definition) is 0. The molecule has 0 saturated heterocycles. The van der Waals surface area contributed by atoms with Gasteiger partial charge in [-0.1, -0.05) is 46.4 Å². The molecule has 20 heavy (non-hydrogen) atoms. The van der Waals surface area contributed by atoms with Crippen LogP contribution in [0.4, 0.5) is 0 Å². The lowest BCUT2D eigenvalue weighted by atomic mass is 9.94. The molecule has 2 heteroatoms. The molecule has 0 amide bonds. The van der Waals surface area contributed by atoms with E-state index in [1.54, 1.807) is 11.1 Å². The van der Waals surface area contributed by atoms with Gasteiger partial charge >= 0.3 is 0 Å². The van der Waals surface area contributed by atoms with Gasteiger partial charge in [0, 0.05) is 16.0 Å². The Kier molecular flexibility index (Phi) is 3.29. The number of pyridine rings is 1. The number of fused-ring (bicyclic) bond motifs is 2. The van der Waals surface area contributed by atoms with Gasteiger partial charge < -0.3 is 0 Å². The molecule has 2 aliphatic rings. The molecule has 0 aliphatic heterocycles. The number of benzene rings is 1. The van der Waals surface area contributed by atoms with Gasteiger partial charge in [-0.3, -0.25) is 4.98 Å². The van der Waals surface area contributed by atoms with Crippen molar-refractivity contribution in [2.45, 2.75) is 25.7 Å². The van der Waals surface area contributed by atoms with Crippen molar-refractivity contribution < 1.29 is 0 Å². The Bertz CT molecular complexity index is 689. The van der Waals surface area contributed by atoms with Gasteiger partial charge in [0.2, 0.25) is 0 Å². The maximum absolute atomic E-state index is 4.67. The molecule has 1 fully saturated rings. The summed E-state index contributed by atoms with van der Waals surface area (Å²) in [7, 11) is 0. The average Bonchev–Trinajstić information content (AvgIpc) is 3.06. The highest BCUT2D eigenvalue weighted by atomic mass is 127. The molecule has 4 rings (SSSR count). The number of hydrogen-bond acceptors (Lipinski definition) is 1. The summed E-state index contributed by atoms with van der Waals surface area (Å²) in [5.41, 5.74) is 5.88. The lowest BCUT2D eigenvalue weighted by molar-refractivity contribution is 0.549. The Morgan fingerprint density at radius 1 is 1.25 bits per heavy atom. The number of rotatable bonds is 2. The van der Waals surface area contributed by atoms with Crippen molar-refractivity contribution in [1.82, 2.24) is 4.98 Å². The molecule has 1 nitrogen and oxygen atoms in total. The first-order valence-electron chi connectivity index (χ1n) is 7.51. The van der Waals surface area contributed by atoms with E-state index in [1.165, 1.54) is 41.1 Å². The Balaban J connectivity index is 1.86. The van der Waals surface area contributed by atoms with Crippen LogP contribution in [0.3, 0.4) is 0 Å². The highest BCUT2D eigenvalue weighted by molar-refractivity contribution is 14.1. The highest BCUT2D eigenvalue weighted by Gasteiger charge is 2.36. The predicted octanol–water partition coefficient (Wildman–Crippen LogP) is 5.24. The Morgan fingerprint density at radius 2 is 2.15 bits per heavy atom. The maximum Gasteiger partial charge on any atom is 0.0702 e. The van der Waals surface area contributed by atoms with Gasteiger partial charge in [0.1, 0.15) is 0 Å². The monoisotopic (exact) mass is 375 g/mol. The van der Waals surface area contributed by atoms with Crippen LogP contribution in [-0.4, -0.2) is 9.41 Å². The molecule has 0 bridgehead atoms. The van der Waals surface area contributed by atoms with E-state index >= 15 is 0 Å². The van der Waals surface area contributed by atoms with E-state index in [4.69, 9.17) is 0 Å². The largest absolute Gasteiger partial charge is 0.256 e. The van der Waals surface area contributed by atoms with Gasteiger partial charge in [0.05, 0.1) is 5.52 Å². The van der Waals surface area contributed by atoms with E-state index < -0.39 is 0 Å². The lowest BCUT2D eigenvalue weighted by Gasteiger charge is -2.14. The molecule has 2 atom stereocenters. The molecular formula is C18H18IN. The zero-order chi connectivity index (χ0) is 13.5. The zero-order valence-electron chi connectivity index (χ0n) is 11.5. The Labute approximate surface area is 133 Å². The van der Waals surface area contributed by atoms with E-state index in [-0.39, 0.29) is 0 Å². The second-order valence-corrected chi connectivity index (χ2v) is 6.91. The minimum absolute atomic E-state index is 0.749. The summed E-state index contributed by atoms with van der Waals surface area (Å²) in [4.78, 5) is 4.67. The molecular weight excluding hydrogens is 357 g/mol. The van der Waals surface area contributed by atoms with Crippen LogP contribution in [0.1, 0.15) is 31.2 Å². The van der Waals surface area contributed by atoms with E-state index in [0.717, 1.165) is 17.4 Å². The van der Waals surface area contributed by atoms with Gasteiger partial charge in [0.25, 0.3) is 0 Å². The third-order valence-corrected chi connectivity index (χ3v) is 5.97. The van der Waals surface area contributed by atoms with Crippen LogP contribution in [0.2, 0.25) is 0 Å². The van der Waals surface area contributed by atoms with E-state index in [2.05, 4.69) is 64.1 Å². The van der Waals surface area contributed by atoms with Crippen molar-refractivity contribution >= 4 is 39.1 Å². The van der Waals surface area contributed by atoms with Gasteiger partial charge in [-0.15, -0.1) is 0 Å². The highest BCUT2D eigenvalue weighted by Crippen LogP contribution is 2.50. The second kappa shape index (κ2) is 5.14. The first-order valence-corrected chi connectivity index (χ1v) is 9.03. The van der Waals surface area contributed by atoms with Gasteiger partial charge in [-0.25, -0.2) is 0 Å². The number of allylic oxidation sites excluding steroid dienone is 2. The quantitative estimate of drug-likeness (QED) is 0.517. The van der Waals surface area contributed by atoms with Crippen molar-refractivity contribution in [3.05, 3.63) is 47.7 Å². The van der Waals surface area contributed by atoms with Crippen LogP contribution in [0.25, 0.3) is 16.5 Å². The molecule has 0 spiro atoms. The van der Waals surface area contributed by atoms with Crippen molar-refractivity contribution in [3.63, 3.8) is 0 Å². The minimum Gasteiger partial charge on any atom is -0.256 e. The molecule has 1 heterocycles. The number of halogens is 1.